The number of hydrogen-bond donors (Lipinski definition) is 1. The van der Waals surface area contributed by atoms with Gasteiger partial charge in [-0.1, -0.05) is 49.3 Å². The van der Waals surface area contributed by atoms with Gasteiger partial charge in [-0.15, -0.1) is 17.5 Å². The summed E-state index contributed by atoms with van der Waals surface area (Å²) >= 11 is 0. The molecule has 0 amide bonds. The highest BCUT2D eigenvalue weighted by Gasteiger charge is 2.25. The second-order valence-corrected chi connectivity index (χ2v) is 7.25. The molecule has 0 bridgehead atoms. The molecule has 1 aromatic heterocycles. The zero-order chi connectivity index (χ0) is 15.5. The van der Waals surface area contributed by atoms with Crippen LogP contribution in [0.15, 0.2) is 40.0 Å². The number of hydrogen-bond acceptors (Lipinski definition) is 6. The van der Waals surface area contributed by atoms with E-state index in [0.717, 1.165) is 0 Å². The minimum Gasteiger partial charge on any atom is -0.411 e. The number of sulfone groups is 1. The summed E-state index contributed by atoms with van der Waals surface area (Å²) < 4.78 is 29.7. The lowest BCUT2D eigenvalue weighted by Gasteiger charge is -2.08. The van der Waals surface area contributed by atoms with Crippen LogP contribution in [0, 0.1) is 5.92 Å². The molecular weight excluding hydrogens is 326 g/mol. The van der Waals surface area contributed by atoms with E-state index in [4.69, 9.17) is 10.2 Å². The Morgan fingerprint density at radius 3 is 2.41 bits per heavy atom. The van der Waals surface area contributed by atoms with E-state index >= 15 is 0 Å². The standard InChI is InChI=1S/C14H19N3O3S.ClH/c1-10(2)8-12(15)13-16-17-14(20-13)21(18,19)9-11-6-4-3-5-7-11;/h3-7,10,12H,8-9,15H2,1-2H3;1H/t12-;/m0./s1. The van der Waals surface area contributed by atoms with Crippen molar-refractivity contribution in [3.8, 4) is 0 Å². The summed E-state index contributed by atoms with van der Waals surface area (Å²) in [7, 11) is -3.65. The van der Waals surface area contributed by atoms with Crippen molar-refractivity contribution in [1.82, 2.24) is 10.2 Å². The van der Waals surface area contributed by atoms with Crippen LogP contribution in [-0.2, 0) is 15.6 Å². The highest BCUT2D eigenvalue weighted by Crippen LogP contribution is 2.21. The van der Waals surface area contributed by atoms with Crippen LogP contribution in [0.1, 0.15) is 37.8 Å². The van der Waals surface area contributed by atoms with Gasteiger partial charge >= 0.3 is 5.22 Å². The van der Waals surface area contributed by atoms with Crippen LogP contribution >= 0.6 is 12.4 Å². The molecule has 0 aliphatic rings. The highest BCUT2D eigenvalue weighted by molar-refractivity contribution is 7.90. The van der Waals surface area contributed by atoms with E-state index in [-0.39, 0.29) is 29.3 Å². The van der Waals surface area contributed by atoms with Crippen LogP contribution in [0.2, 0.25) is 0 Å². The first-order valence-corrected chi connectivity index (χ1v) is 8.39. The Balaban J connectivity index is 0.00000242. The lowest BCUT2D eigenvalue weighted by atomic mass is 10.1. The van der Waals surface area contributed by atoms with Crippen LogP contribution in [0.5, 0.6) is 0 Å². The average Bonchev–Trinajstić information content (AvgIpc) is 2.89. The van der Waals surface area contributed by atoms with Gasteiger partial charge in [0.15, 0.2) is 0 Å². The number of aromatic nitrogens is 2. The Morgan fingerprint density at radius 1 is 1.18 bits per heavy atom. The van der Waals surface area contributed by atoms with Crippen molar-refractivity contribution in [2.75, 3.05) is 0 Å². The average molecular weight is 346 g/mol. The Hall–Kier alpha value is -1.44. The number of halogens is 1. The third-order valence-electron chi connectivity index (χ3n) is 2.93. The van der Waals surface area contributed by atoms with E-state index in [2.05, 4.69) is 10.2 Å². The summed E-state index contributed by atoms with van der Waals surface area (Å²) in [6, 6.07) is 8.41. The number of benzene rings is 1. The largest absolute Gasteiger partial charge is 0.411 e. The van der Waals surface area contributed by atoms with Crippen LogP contribution in [-0.4, -0.2) is 18.6 Å². The third-order valence-corrected chi connectivity index (χ3v) is 4.34. The summed E-state index contributed by atoms with van der Waals surface area (Å²) in [6.45, 7) is 4.03. The van der Waals surface area contributed by atoms with Crippen LogP contribution in [0.25, 0.3) is 0 Å². The lowest BCUT2D eigenvalue weighted by Crippen LogP contribution is -2.13. The maximum absolute atomic E-state index is 12.2. The van der Waals surface area contributed by atoms with Crippen molar-refractivity contribution in [3.63, 3.8) is 0 Å². The maximum atomic E-state index is 12.2. The first-order valence-electron chi connectivity index (χ1n) is 6.74. The van der Waals surface area contributed by atoms with Gasteiger partial charge in [-0.3, -0.25) is 0 Å². The number of nitrogens with two attached hydrogens (primary N) is 1. The van der Waals surface area contributed by atoms with Crippen molar-refractivity contribution < 1.29 is 12.8 Å². The van der Waals surface area contributed by atoms with Gasteiger partial charge in [0.05, 0.1) is 11.8 Å². The monoisotopic (exact) mass is 345 g/mol. The van der Waals surface area contributed by atoms with E-state index < -0.39 is 15.9 Å². The Morgan fingerprint density at radius 2 is 1.82 bits per heavy atom. The second kappa shape index (κ2) is 7.71. The van der Waals surface area contributed by atoms with Gasteiger partial charge in [0.25, 0.3) is 0 Å². The molecule has 1 atom stereocenters. The predicted molar refractivity (Wildman–Crippen MR) is 85.3 cm³/mol. The van der Waals surface area contributed by atoms with Crippen LogP contribution in [0.4, 0.5) is 0 Å². The third kappa shape index (κ3) is 4.79. The zero-order valence-corrected chi connectivity index (χ0v) is 14.1. The Kier molecular flexibility index (Phi) is 6.52. The number of nitrogens with zero attached hydrogens (tertiary/aromatic N) is 2. The Labute approximate surface area is 136 Å². The van der Waals surface area contributed by atoms with E-state index in [1.807, 2.05) is 19.9 Å². The SMILES string of the molecule is CC(C)C[C@H](N)c1nnc(S(=O)(=O)Cc2ccccc2)o1.Cl. The molecule has 2 N–H and O–H groups in total. The van der Waals surface area contributed by atoms with E-state index in [1.165, 1.54) is 0 Å². The molecule has 0 saturated carbocycles. The maximum Gasteiger partial charge on any atom is 0.335 e. The van der Waals surface area contributed by atoms with Crippen molar-refractivity contribution in [2.45, 2.75) is 37.3 Å². The van der Waals surface area contributed by atoms with E-state index in [0.29, 0.717) is 17.9 Å². The van der Waals surface area contributed by atoms with Crippen molar-refractivity contribution >= 4 is 22.2 Å². The van der Waals surface area contributed by atoms with Gasteiger partial charge in [0, 0.05) is 0 Å². The molecule has 8 heteroatoms. The molecule has 0 aliphatic carbocycles. The van der Waals surface area contributed by atoms with Gasteiger partial charge in [-0.05, 0) is 17.9 Å². The van der Waals surface area contributed by atoms with Gasteiger partial charge in [-0.25, -0.2) is 8.42 Å². The quantitative estimate of drug-likeness (QED) is 0.863. The summed E-state index contributed by atoms with van der Waals surface area (Å²) in [5.41, 5.74) is 6.58. The second-order valence-electron chi connectivity index (χ2n) is 5.39. The van der Waals surface area contributed by atoms with Crippen molar-refractivity contribution in [3.05, 3.63) is 41.8 Å². The van der Waals surface area contributed by atoms with Gasteiger partial charge in [0.1, 0.15) is 0 Å². The van der Waals surface area contributed by atoms with Gasteiger partial charge < -0.3 is 10.2 Å². The van der Waals surface area contributed by atoms with Crippen molar-refractivity contribution in [2.24, 2.45) is 11.7 Å². The molecule has 122 valence electrons. The predicted octanol–water partition coefficient (Wildman–Crippen LogP) is 2.51. The van der Waals surface area contributed by atoms with E-state index in [9.17, 15) is 8.42 Å². The molecule has 2 rings (SSSR count). The lowest BCUT2D eigenvalue weighted by molar-refractivity contribution is 0.352. The minimum absolute atomic E-state index is 0. The molecule has 1 aromatic carbocycles. The minimum atomic E-state index is -3.65. The van der Waals surface area contributed by atoms with Crippen molar-refractivity contribution in [1.29, 1.82) is 0 Å². The fraction of sp³-hybridized carbons (Fsp3) is 0.429. The van der Waals surface area contributed by atoms with Crippen LogP contribution < -0.4 is 5.73 Å². The molecule has 22 heavy (non-hydrogen) atoms. The zero-order valence-electron chi connectivity index (χ0n) is 12.5. The normalized spacial score (nSPS) is 12.9. The molecule has 0 aliphatic heterocycles. The molecule has 0 fully saturated rings. The molecule has 1 heterocycles. The van der Waals surface area contributed by atoms with E-state index in [1.54, 1.807) is 24.3 Å². The summed E-state index contributed by atoms with van der Waals surface area (Å²) in [6.07, 6.45) is 0.653. The summed E-state index contributed by atoms with van der Waals surface area (Å²) in [4.78, 5) is 0. The fourth-order valence-corrected chi connectivity index (χ4v) is 3.09. The molecule has 0 radical (unpaired) electrons. The molecule has 0 unspecified atom stereocenters. The molecule has 2 aromatic rings. The van der Waals surface area contributed by atoms with Gasteiger partial charge in [0.2, 0.25) is 15.7 Å². The molecular formula is C14H20ClN3O3S. The molecule has 6 nitrogen and oxygen atoms in total. The highest BCUT2D eigenvalue weighted by atomic mass is 35.5. The first-order chi connectivity index (χ1) is 9.88. The van der Waals surface area contributed by atoms with Gasteiger partial charge in [-0.2, -0.15) is 0 Å². The topological polar surface area (TPSA) is 99.1 Å². The van der Waals surface area contributed by atoms with Crippen LogP contribution in [0.3, 0.4) is 0 Å². The summed E-state index contributed by atoms with van der Waals surface area (Å²) in [5.74, 6) is 0.348. The molecule has 0 spiro atoms. The fourth-order valence-electron chi connectivity index (χ4n) is 1.96. The summed E-state index contributed by atoms with van der Waals surface area (Å²) in [5, 5.41) is 7.01. The Bertz CT molecular complexity index is 686. The first kappa shape index (κ1) is 18.6. The smallest absolute Gasteiger partial charge is 0.335 e. The number of rotatable bonds is 6. The molecule has 0 saturated heterocycles.